The van der Waals surface area contributed by atoms with E-state index >= 15 is 0 Å². The molecular formula is C20H18BrN3O5. The molecule has 0 radical (unpaired) electrons. The number of hydrogen-bond donors (Lipinski definition) is 2. The average molecular weight is 460 g/mol. The molecule has 9 heteroatoms. The number of nitrogens with one attached hydrogen (secondary N) is 1. The predicted molar refractivity (Wildman–Crippen MR) is 108 cm³/mol. The molecule has 2 aromatic carbocycles. The Kier molecular flexibility index (Phi) is 5.68. The van der Waals surface area contributed by atoms with E-state index in [1.807, 2.05) is 6.20 Å². The van der Waals surface area contributed by atoms with Gasteiger partial charge in [-0.15, -0.1) is 0 Å². The van der Waals surface area contributed by atoms with Gasteiger partial charge in [-0.1, -0.05) is 0 Å². The summed E-state index contributed by atoms with van der Waals surface area (Å²) in [5, 5.41) is 17.0. The van der Waals surface area contributed by atoms with Crippen LogP contribution in [-0.2, 0) is 0 Å². The van der Waals surface area contributed by atoms with E-state index in [1.54, 1.807) is 53.3 Å². The molecule has 1 atom stereocenters. The molecule has 2 N–H and O–H groups in total. The van der Waals surface area contributed by atoms with Crippen molar-refractivity contribution < 1.29 is 24.1 Å². The first-order valence-corrected chi connectivity index (χ1v) is 9.67. The summed E-state index contributed by atoms with van der Waals surface area (Å²) >= 11 is 3.35. The molecule has 1 aliphatic heterocycles. The van der Waals surface area contributed by atoms with E-state index in [9.17, 15) is 9.90 Å². The highest BCUT2D eigenvalue weighted by Crippen LogP contribution is 2.35. The van der Waals surface area contributed by atoms with Crippen LogP contribution in [0.15, 0.2) is 59.3 Å². The van der Waals surface area contributed by atoms with E-state index in [0.29, 0.717) is 22.8 Å². The average Bonchev–Trinajstić information content (AvgIpc) is 3.39. The number of hydrogen-bond acceptors (Lipinski definition) is 6. The Morgan fingerprint density at radius 2 is 2.03 bits per heavy atom. The van der Waals surface area contributed by atoms with Crippen molar-refractivity contribution in [1.82, 2.24) is 15.1 Å². The second kappa shape index (κ2) is 8.54. The van der Waals surface area contributed by atoms with Crippen molar-refractivity contribution >= 4 is 21.8 Å². The first-order valence-electron chi connectivity index (χ1n) is 8.88. The number of aromatic nitrogens is 2. The van der Waals surface area contributed by atoms with Crippen LogP contribution in [0.2, 0.25) is 0 Å². The van der Waals surface area contributed by atoms with Crippen molar-refractivity contribution in [3.63, 3.8) is 0 Å². The van der Waals surface area contributed by atoms with Gasteiger partial charge >= 0.3 is 0 Å². The fraction of sp³-hybridized carbons (Fsp3) is 0.200. The second-order valence-corrected chi connectivity index (χ2v) is 7.26. The maximum atomic E-state index is 12.3. The summed E-state index contributed by atoms with van der Waals surface area (Å²) in [6.45, 7) is 0.290. The summed E-state index contributed by atoms with van der Waals surface area (Å²) in [5.74, 6) is 1.55. The van der Waals surface area contributed by atoms with Crippen LogP contribution in [0.3, 0.4) is 0 Å². The number of aliphatic hydroxyl groups excluding tert-OH is 1. The summed E-state index contributed by atoms with van der Waals surface area (Å²) in [6, 6.07) is 12.2. The van der Waals surface area contributed by atoms with Crippen LogP contribution in [0.5, 0.6) is 17.2 Å². The Morgan fingerprint density at radius 1 is 1.24 bits per heavy atom. The van der Waals surface area contributed by atoms with Gasteiger partial charge < -0.3 is 24.6 Å². The van der Waals surface area contributed by atoms with Gasteiger partial charge in [-0.25, -0.2) is 4.68 Å². The van der Waals surface area contributed by atoms with Gasteiger partial charge in [0.15, 0.2) is 11.5 Å². The van der Waals surface area contributed by atoms with Gasteiger partial charge in [-0.2, -0.15) is 5.10 Å². The van der Waals surface area contributed by atoms with Gasteiger partial charge in [-0.05, 0) is 52.3 Å². The number of amides is 1. The Morgan fingerprint density at radius 3 is 2.79 bits per heavy atom. The molecule has 3 aromatic rings. The van der Waals surface area contributed by atoms with Gasteiger partial charge in [0.25, 0.3) is 5.91 Å². The number of halogens is 1. The highest BCUT2D eigenvalue weighted by atomic mass is 79.9. The van der Waals surface area contributed by atoms with Crippen LogP contribution < -0.4 is 19.5 Å². The molecule has 29 heavy (non-hydrogen) atoms. The van der Waals surface area contributed by atoms with Crippen LogP contribution in [-0.4, -0.2) is 46.8 Å². The molecule has 1 unspecified atom stereocenters. The van der Waals surface area contributed by atoms with Crippen LogP contribution in [0.1, 0.15) is 10.4 Å². The Labute approximate surface area is 175 Å². The molecule has 1 aliphatic rings. The minimum absolute atomic E-state index is 0.0348. The summed E-state index contributed by atoms with van der Waals surface area (Å²) in [5.41, 5.74) is 1.33. The van der Waals surface area contributed by atoms with Crippen LogP contribution in [0.4, 0.5) is 0 Å². The minimum Gasteiger partial charge on any atom is -0.491 e. The zero-order valence-corrected chi connectivity index (χ0v) is 16.8. The molecule has 0 fully saturated rings. The van der Waals surface area contributed by atoms with E-state index in [-0.39, 0.29) is 25.9 Å². The van der Waals surface area contributed by atoms with Crippen molar-refractivity contribution in [3.8, 4) is 22.9 Å². The third kappa shape index (κ3) is 4.69. The molecule has 2 heterocycles. The minimum atomic E-state index is -0.856. The first-order chi connectivity index (χ1) is 14.1. The SMILES string of the molecule is O=C(NCC(O)COc1ccc2c(c1)OCO2)c1ccc(-n2cc(Br)cn2)cc1. The predicted octanol–water partition coefficient (Wildman–Crippen LogP) is 2.53. The lowest BCUT2D eigenvalue weighted by atomic mass is 10.2. The Hall–Kier alpha value is -3.04. The standard InChI is InChI=1S/C20H18BrN3O5/c21-14-8-23-24(10-14)15-3-1-13(2-4-15)20(26)22-9-16(25)11-27-17-5-6-18-19(7-17)29-12-28-18/h1-8,10,16,25H,9,11-12H2,(H,22,26). The fourth-order valence-corrected chi connectivity index (χ4v) is 3.02. The Balaban J connectivity index is 1.25. The summed E-state index contributed by atoms with van der Waals surface area (Å²) in [6.07, 6.45) is 2.66. The first kappa shape index (κ1) is 19.3. The molecular weight excluding hydrogens is 442 g/mol. The maximum absolute atomic E-state index is 12.3. The summed E-state index contributed by atoms with van der Waals surface area (Å²) in [4.78, 5) is 12.3. The number of carbonyl (C=O) groups excluding carboxylic acids is 1. The number of fused-ring (bicyclic) bond motifs is 1. The second-order valence-electron chi connectivity index (χ2n) is 6.34. The lowest BCUT2D eigenvalue weighted by Crippen LogP contribution is -2.35. The van der Waals surface area contributed by atoms with Crippen LogP contribution >= 0.6 is 15.9 Å². The third-order valence-electron chi connectivity index (χ3n) is 4.23. The largest absolute Gasteiger partial charge is 0.491 e. The zero-order valence-electron chi connectivity index (χ0n) is 15.2. The van der Waals surface area contributed by atoms with E-state index < -0.39 is 6.10 Å². The van der Waals surface area contributed by atoms with Crippen molar-refractivity contribution in [2.75, 3.05) is 19.9 Å². The van der Waals surface area contributed by atoms with E-state index in [4.69, 9.17) is 14.2 Å². The van der Waals surface area contributed by atoms with Gasteiger partial charge in [0.05, 0.1) is 16.4 Å². The fourth-order valence-electron chi connectivity index (χ4n) is 2.74. The van der Waals surface area contributed by atoms with Crippen molar-refractivity contribution in [2.45, 2.75) is 6.10 Å². The maximum Gasteiger partial charge on any atom is 0.251 e. The number of benzene rings is 2. The number of carbonyl (C=O) groups is 1. The van der Waals surface area contributed by atoms with Gasteiger partial charge in [0.2, 0.25) is 6.79 Å². The molecule has 1 aromatic heterocycles. The van der Waals surface area contributed by atoms with E-state index in [0.717, 1.165) is 10.2 Å². The topological polar surface area (TPSA) is 94.8 Å². The molecule has 4 rings (SSSR count). The lowest BCUT2D eigenvalue weighted by Gasteiger charge is -2.14. The van der Waals surface area contributed by atoms with Gasteiger partial charge in [0, 0.05) is 24.4 Å². The van der Waals surface area contributed by atoms with Crippen molar-refractivity contribution in [2.24, 2.45) is 0 Å². The molecule has 8 nitrogen and oxygen atoms in total. The quantitative estimate of drug-likeness (QED) is 0.563. The molecule has 150 valence electrons. The molecule has 0 saturated heterocycles. The molecule has 0 spiro atoms. The Bertz CT molecular complexity index is 1010. The molecule has 0 aliphatic carbocycles. The van der Waals surface area contributed by atoms with Crippen LogP contribution in [0, 0.1) is 0 Å². The smallest absolute Gasteiger partial charge is 0.251 e. The van der Waals surface area contributed by atoms with E-state index in [1.165, 1.54) is 0 Å². The highest BCUT2D eigenvalue weighted by Gasteiger charge is 2.15. The number of nitrogens with zero attached hydrogens (tertiary/aromatic N) is 2. The van der Waals surface area contributed by atoms with E-state index in [2.05, 4.69) is 26.3 Å². The molecule has 1 amide bonds. The van der Waals surface area contributed by atoms with Crippen molar-refractivity contribution in [1.29, 1.82) is 0 Å². The summed E-state index contributed by atoms with van der Waals surface area (Å²) in [7, 11) is 0. The van der Waals surface area contributed by atoms with Crippen LogP contribution in [0.25, 0.3) is 5.69 Å². The zero-order chi connectivity index (χ0) is 20.2. The number of aliphatic hydroxyl groups is 1. The normalized spacial score (nSPS) is 13.2. The molecule has 0 bridgehead atoms. The summed E-state index contributed by atoms with van der Waals surface area (Å²) < 4.78 is 18.6. The molecule has 0 saturated carbocycles. The third-order valence-corrected chi connectivity index (χ3v) is 4.64. The number of rotatable bonds is 7. The van der Waals surface area contributed by atoms with Gasteiger partial charge in [-0.3, -0.25) is 4.79 Å². The van der Waals surface area contributed by atoms with Crippen molar-refractivity contribution in [3.05, 3.63) is 64.9 Å². The monoisotopic (exact) mass is 459 g/mol. The van der Waals surface area contributed by atoms with Gasteiger partial charge in [0.1, 0.15) is 18.5 Å². The highest BCUT2D eigenvalue weighted by molar-refractivity contribution is 9.10. The number of ether oxygens (including phenoxy) is 3. The lowest BCUT2D eigenvalue weighted by molar-refractivity contribution is 0.0843.